The molecule has 6 rings (SSSR count). The first-order valence-corrected chi connectivity index (χ1v) is 42.3. The van der Waals surface area contributed by atoms with Crippen LogP contribution in [0.4, 0.5) is 113 Å². The maximum atomic E-state index is 10.7. The third-order valence-electron chi connectivity index (χ3n) is 11.3. The zero-order chi connectivity index (χ0) is 83.7. The van der Waals surface area contributed by atoms with E-state index in [0.717, 1.165) is 34.1 Å². The van der Waals surface area contributed by atoms with E-state index in [0.29, 0.717) is 0 Å². The van der Waals surface area contributed by atoms with Gasteiger partial charge in [-0.1, -0.05) is 0 Å². The number of halogens is 18. The van der Waals surface area contributed by atoms with Crippen LogP contribution in [-0.2, 0) is 60.7 Å². The van der Waals surface area contributed by atoms with Gasteiger partial charge >= 0.3 is 63.8 Å². The molecule has 0 radical (unpaired) electrons. The molecule has 0 amide bonds. The van der Waals surface area contributed by atoms with Crippen molar-refractivity contribution in [2.24, 2.45) is 0 Å². The van der Waals surface area contributed by atoms with Gasteiger partial charge in [0.05, 0.1) is 0 Å². The number of nitrogens with zero attached hydrogens (tertiary/aromatic N) is 12. The van der Waals surface area contributed by atoms with E-state index in [4.69, 9.17) is 77.8 Å². The fourth-order valence-corrected chi connectivity index (χ4v) is 31.2. The summed E-state index contributed by atoms with van der Waals surface area (Å²) < 4.78 is 368. The average Bonchev–Trinajstić information content (AvgIpc) is 0.747. The van der Waals surface area contributed by atoms with Gasteiger partial charge in [-0.2, -0.15) is 79.0 Å². The highest BCUT2D eigenvalue weighted by Crippen LogP contribution is 2.91. The molecule has 0 fully saturated rings. The zero-order valence-electron chi connectivity index (χ0n) is 55.6. The Balaban J connectivity index is 0.00000183. The Kier molecular flexibility index (Phi) is 36.5. The normalized spacial score (nSPS) is 12.6. The van der Waals surface area contributed by atoms with Crippen LogP contribution in [0.25, 0.3) is 0 Å². The van der Waals surface area contributed by atoms with Crippen LogP contribution in [-0.4, -0.2) is 195 Å². The van der Waals surface area contributed by atoms with Crippen LogP contribution in [0.3, 0.4) is 0 Å². The van der Waals surface area contributed by atoms with Crippen LogP contribution in [0.15, 0.2) is 147 Å². The monoisotopic (exact) mass is 1750 g/mol. The van der Waals surface area contributed by atoms with Gasteiger partial charge in [0.25, 0.3) is 0 Å². The molecule has 58 heteroatoms. The van der Waals surface area contributed by atoms with E-state index in [9.17, 15) is 79.0 Å². The lowest BCUT2D eigenvalue weighted by atomic mass is 10.4. The minimum absolute atomic E-state index is 1.07. The van der Waals surface area contributed by atoms with E-state index >= 15 is 0 Å². The minimum Gasteiger partial charge on any atom is -0.741 e. The summed E-state index contributed by atoms with van der Waals surface area (Å²) in [6.45, 7) is -1.07. The maximum Gasteiger partial charge on any atom is 0.546 e. The molecule has 0 aliphatic rings. The number of hydrogen-bond donors (Lipinski definition) is 0. The number of alkyl halides is 18. The average molecular weight is 1750 g/mol. The third-order valence-corrected chi connectivity index (χ3v) is 35.0. The molecule has 0 bridgehead atoms. The molecule has 0 spiro atoms. The fourth-order valence-electron chi connectivity index (χ4n) is 6.10. The second kappa shape index (κ2) is 38.8. The second-order valence-electron chi connectivity index (χ2n) is 20.5. The maximum absolute atomic E-state index is 10.7. The highest BCUT2D eigenvalue weighted by Gasteiger charge is 2.75. The molecule has 0 atom stereocenters. The number of aromatic nitrogens is 6. The van der Waals surface area contributed by atoms with Crippen molar-refractivity contribution in [1.29, 1.82) is 0 Å². The molecule has 0 aliphatic heterocycles. The Morgan fingerprint density at radius 2 is 0.302 bits per heavy atom. The third kappa shape index (κ3) is 32.4. The molecular formula is C48H60F18N12O18P4S6. The SMILES string of the molecule is CN(C)c1cc[n+](P([n+]2ccc(N(C)C)cc2)P(P([n+]2ccc(N(C)C)cc2)[n+]2ccc(N(C)C)cc2)P([n+]2ccc(N(C)C)cc2)[n+]2ccc(N(C)C)cc2)cc1.O=S(=O)([O-])C(F)(F)F.O=S(=O)([O-])C(F)(F)F.O=S(=O)([O-])C(F)(F)F.O=S(=O)([O-])C(F)(F)F.O=S(=O)([O-])C(F)(F)F.O=S(=O)([O-])C(F)(F)F. The lowest BCUT2D eigenvalue weighted by Gasteiger charge is -2.18. The van der Waals surface area contributed by atoms with Crippen molar-refractivity contribution in [2.75, 3.05) is 114 Å². The number of anilines is 6. The van der Waals surface area contributed by atoms with Crippen LogP contribution in [0.2, 0.25) is 0 Å². The van der Waals surface area contributed by atoms with E-state index in [2.05, 4.69) is 287 Å². The van der Waals surface area contributed by atoms with Gasteiger partial charge in [0.1, 0.15) is 0 Å². The van der Waals surface area contributed by atoms with Crippen molar-refractivity contribution in [3.63, 3.8) is 0 Å². The predicted molar refractivity (Wildman–Crippen MR) is 340 cm³/mol. The predicted octanol–water partition coefficient (Wildman–Crippen LogP) is 5.87. The molecule has 602 valence electrons. The second-order valence-corrected chi connectivity index (χ2v) is 43.3. The molecule has 106 heavy (non-hydrogen) atoms. The van der Waals surface area contributed by atoms with Crippen LogP contribution in [0.5, 0.6) is 0 Å². The Labute approximate surface area is 599 Å². The first-order valence-electron chi connectivity index (χ1n) is 26.7. The van der Waals surface area contributed by atoms with Crippen molar-refractivity contribution in [3.05, 3.63) is 147 Å². The highest BCUT2D eigenvalue weighted by molar-refractivity contribution is 8.78. The zero-order valence-corrected chi connectivity index (χ0v) is 64.1. The Bertz CT molecular complexity index is 3750. The van der Waals surface area contributed by atoms with Crippen molar-refractivity contribution in [3.8, 4) is 0 Å². The van der Waals surface area contributed by atoms with Crippen molar-refractivity contribution in [2.45, 2.75) is 33.0 Å². The lowest BCUT2D eigenvalue weighted by molar-refractivity contribution is -0.629. The smallest absolute Gasteiger partial charge is 0.546 e. The van der Waals surface area contributed by atoms with Crippen LogP contribution >= 0.6 is 30.7 Å². The van der Waals surface area contributed by atoms with Crippen LogP contribution < -0.4 is 55.4 Å². The Morgan fingerprint density at radius 1 is 0.226 bits per heavy atom. The fraction of sp³-hybridized carbons (Fsp3) is 0.375. The molecule has 30 nitrogen and oxygen atoms in total. The first kappa shape index (κ1) is 99.6. The minimum atomic E-state index is -6.09. The number of pyridine rings is 6. The van der Waals surface area contributed by atoms with Gasteiger partial charge in [0.15, 0.2) is 135 Å². The van der Waals surface area contributed by atoms with E-state index in [1.807, 2.05) is 0 Å². The van der Waals surface area contributed by atoms with E-state index in [1.54, 1.807) is 0 Å². The summed E-state index contributed by atoms with van der Waals surface area (Å²) in [5, 5.41) is 0. The molecular weight excluding hydrogens is 1690 g/mol. The molecule has 6 aromatic rings. The van der Waals surface area contributed by atoms with Gasteiger partial charge in [-0.25, -0.2) is 50.5 Å². The van der Waals surface area contributed by atoms with E-state index in [-0.39, 0.29) is 0 Å². The largest absolute Gasteiger partial charge is 0.741 e. The van der Waals surface area contributed by atoms with Gasteiger partial charge in [0.2, 0.25) is 0 Å². The molecule has 0 saturated heterocycles. The summed E-state index contributed by atoms with van der Waals surface area (Å²) >= 11 is 0. The number of hydrogen-bond acceptors (Lipinski definition) is 24. The first-order chi connectivity index (χ1) is 47.2. The molecule has 6 aromatic heterocycles. The summed E-state index contributed by atoms with van der Waals surface area (Å²) in [5.74, 6) is 0. The lowest BCUT2D eigenvalue weighted by Crippen LogP contribution is -2.50. The summed E-state index contributed by atoms with van der Waals surface area (Å²) in [6.07, 6.45) is 27.5. The highest BCUT2D eigenvalue weighted by atomic mass is 32.8. The van der Waals surface area contributed by atoms with Gasteiger partial charge < -0.3 is 56.7 Å². The topological polar surface area (TPSA) is 386 Å². The Hall–Kier alpha value is -6.38. The standard InChI is InChI=1S/C42H60N12P4.6CHF3O3S/c1-43(2)37-13-25-49(26-14-37)55(50-27-15-38(16-28-50)44(3)4)58(56(51-29-17-39(18-30-51)45(5)6)52-31-19-40(20-32-52)46(7)8)57(53-33-21-41(22-34-53)47(9)10)54-35-23-42(24-36-54)48(11)12;6*2-1(3,4)8(5,6)7/h13-36H,1-12H3;6*(H,5,6,7)/q+6;;;;;;/p-6. The van der Waals surface area contributed by atoms with Crippen molar-refractivity contribution >= 4 is 126 Å². The van der Waals surface area contributed by atoms with Gasteiger partial charge in [-0.3, -0.25) is 0 Å². The molecule has 0 saturated carbocycles. The quantitative estimate of drug-likeness (QED) is 0.0502. The molecule has 0 aliphatic carbocycles. The molecule has 6 heterocycles. The van der Waals surface area contributed by atoms with Crippen LogP contribution in [0, 0.1) is 0 Å². The van der Waals surface area contributed by atoms with Crippen molar-refractivity contribution < 1.29 is 183 Å². The summed E-state index contributed by atoms with van der Waals surface area (Å²) in [6, 6.07) is 27.0. The molecule has 0 N–H and O–H groups in total. The van der Waals surface area contributed by atoms with Crippen molar-refractivity contribution in [1.82, 2.24) is 0 Å². The molecule has 0 unspecified atom stereocenters. The molecule has 0 aromatic carbocycles. The summed E-state index contributed by atoms with van der Waals surface area (Å²) in [4.78, 5) is 13.0. The Morgan fingerprint density at radius 3 is 0.358 bits per heavy atom. The van der Waals surface area contributed by atoms with E-state index < -0.39 is 124 Å². The van der Waals surface area contributed by atoms with Gasteiger partial charge in [-0.15, -0.1) is 26.0 Å². The van der Waals surface area contributed by atoms with E-state index in [1.165, 1.54) is 0 Å². The number of rotatable bonds is 15. The van der Waals surface area contributed by atoms with Crippen LogP contribution in [0.1, 0.15) is 0 Å². The van der Waals surface area contributed by atoms with Gasteiger partial charge in [-0.05, 0) is 0 Å². The van der Waals surface area contributed by atoms with Gasteiger partial charge in [0, 0.05) is 191 Å². The summed E-state index contributed by atoms with van der Waals surface area (Å²) in [5.41, 5.74) is -26.9. The summed E-state index contributed by atoms with van der Waals surface area (Å²) in [7, 11) is -14.7.